The minimum Gasteiger partial charge on any atom is -0.494 e. The molecule has 1 saturated carbocycles. The predicted octanol–water partition coefficient (Wildman–Crippen LogP) is 5.90. The molecular weight excluding hydrogens is 390 g/mol. The number of carbonyl (C=O) groups is 2. The van der Waals surface area contributed by atoms with Crippen molar-refractivity contribution >= 4 is 11.8 Å². The Kier molecular flexibility index (Phi) is 6.79. The number of H-pyrrole nitrogens is 1. The zero-order valence-corrected chi connectivity index (χ0v) is 18.7. The van der Waals surface area contributed by atoms with Crippen LogP contribution in [0.1, 0.15) is 102 Å². The molecule has 0 radical (unpaired) electrons. The van der Waals surface area contributed by atoms with E-state index in [1.54, 1.807) is 0 Å². The van der Waals surface area contributed by atoms with E-state index in [9.17, 15) is 9.59 Å². The fraction of sp³-hybridized carbons (Fsp3) is 0.538. The smallest absolute Gasteiger partial charge is 0.355 e. The topological polar surface area (TPSA) is 68.4 Å². The van der Waals surface area contributed by atoms with Gasteiger partial charge in [0.25, 0.3) is 0 Å². The number of esters is 1. The van der Waals surface area contributed by atoms with Gasteiger partial charge in [-0.15, -0.1) is 0 Å². The van der Waals surface area contributed by atoms with Gasteiger partial charge in [-0.2, -0.15) is 0 Å². The van der Waals surface area contributed by atoms with Gasteiger partial charge in [0.1, 0.15) is 17.5 Å². The van der Waals surface area contributed by atoms with Gasteiger partial charge in [-0.25, -0.2) is 4.79 Å². The number of nitrogens with one attached hydrogen (secondary N) is 1. The van der Waals surface area contributed by atoms with Gasteiger partial charge in [0.15, 0.2) is 5.78 Å². The van der Waals surface area contributed by atoms with E-state index < -0.39 is 0 Å². The molecule has 2 aliphatic carbocycles. The van der Waals surface area contributed by atoms with Crippen molar-refractivity contribution in [2.24, 2.45) is 0 Å². The van der Waals surface area contributed by atoms with Crippen molar-refractivity contribution in [3.05, 3.63) is 52.3 Å². The fourth-order valence-electron chi connectivity index (χ4n) is 5.02. The summed E-state index contributed by atoms with van der Waals surface area (Å²) in [6.45, 7) is 4.45. The standard InChI is InChI=1S/C26H33NO4/c1-3-30-20-13-11-18(12-14-20)19-15-22-24(23(28)16-19)17(2)25(27-22)26(29)31-21-9-7-5-4-6-8-10-21/h11-14,19,21,27H,3-10,15-16H2,1-2H3/t19-/m1/s1. The van der Waals surface area contributed by atoms with Crippen LogP contribution in [0.4, 0.5) is 0 Å². The van der Waals surface area contributed by atoms with E-state index in [4.69, 9.17) is 9.47 Å². The zero-order valence-electron chi connectivity index (χ0n) is 18.7. The molecule has 0 aliphatic heterocycles. The van der Waals surface area contributed by atoms with Gasteiger partial charge >= 0.3 is 5.97 Å². The highest BCUT2D eigenvalue weighted by Gasteiger charge is 2.32. The van der Waals surface area contributed by atoms with Crippen LogP contribution < -0.4 is 4.74 Å². The Morgan fingerprint density at radius 2 is 1.71 bits per heavy atom. The summed E-state index contributed by atoms with van der Waals surface area (Å²) < 4.78 is 11.4. The summed E-state index contributed by atoms with van der Waals surface area (Å²) in [7, 11) is 0. The summed E-state index contributed by atoms with van der Waals surface area (Å²) in [5.74, 6) is 0.717. The minimum atomic E-state index is -0.317. The van der Waals surface area contributed by atoms with Gasteiger partial charge in [0.2, 0.25) is 0 Å². The number of aromatic nitrogens is 1. The van der Waals surface area contributed by atoms with Gasteiger partial charge in [0, 0.05) is 17.7 Å². The van der Waals surface area contributed by atoms with E-state index in [-0.39, 0.29) is 23.8 Å². The molecule has 1 fully saturated rings. The lowest BCUT2D eigenvalue weighted by Crippen LogP contribution is -2.20. The molecule has 2 aliphatic rings. The lowest BCUT2D eigenvalue weighted by Gasteiger charge is -2.22. The summed E-state index contributed by atoms with van der Waals surface area (Å²) in [6, 6.07) is 7.98. The van der Waals surface area contributed by atoms with Crippen molar-refractivity contribution in [2.45, 2.75) is 83.7 Å². The van der Waals surface area contributed by atoms with E-state index >= 15 is 0 Å². The number of fused-ring (bicyclic) bond motifs is 1. The number of rotatable bonds is 5. The predicted molar refractivity (Wildman–Crippen MR) is 120 cm³/mol. The second kappa shape index (κ2) is 9.71. The number of ether oxygens (including phenoxy) is 2. The highest BCUT2D eigenvalue weighted by molar-refractivity contribution is 6.03. The van der Waals surface area contributed by atoms with Crippen LogP contribution in [0.3, 0.4) is 0 Å². The molecule has 0 unspecified atom stereocenters. The van der Waals surface area contributed by atoms with Crippen LogP contribution in [0.2, 0.25) is 0 Å². The van der Waals surface area contributed by atoms with Crippen LogP contribution in [0.15, 0.2) is 24.3 Å². The van der Waals surface area contributed by atoms with Gasteiger partial charge in [-0.1, -0.05) is 31.4 Å². The van der Waals surface area contributed by atoms with Crippen LogP contribution in [0.25, 0.3) is 0 Å². The van der Waals surface area contributed by atoms with Crippen molar-refractivity contribution in [3.63, 3.8) is 0 Å². The molecule has 1 N–H and O–H groups in total. The number of benzene rings is 1. The Morgan fingerprint density at radius 1 is 1.03 bits per heavy atom. The molecule has 31 heavy (non-hydrogen) atoms. The molecule has 0 spiro atoms. The number of hydrogen-bond acceptors (Lipinski definition) is 4. The normalized spacial score (nSPS) is 19.9. The average Bonchev–Trinajstić information content (AvgIpc) is 3.08. The highest BCUT2D eigenvalue weighted by Crippen LogP contribution is 2.36. The number of Topliss-reactive ketones (excluding diaryl/α,β-unsaturated/α-hetero) is 1. The molecule has 1 aromatic carbocycles. The van der Waals surface area contributed by atoms with Crippen LogP contribution >= 0.6 is 0 Å². The van der Waals surface area contributed by atoms with Crippen molar-refractivity contribution < 1.29 is 19.1 Å². The van der Waals surface area contributed by atoms with Crippen molar-refractivity contribution in [1.82, 2.24) is 4.98 Å². The second-order valence-corrected chi connectivity index (χ2v) is 8.88. The number of carbonyl (C=O) groups excluding carboxylic acids is 2. The summed E-state index contributed by atoms with van der Waals surface area (Å²) in [6.07, 6.45) is 8.95. The number of hydrogen-bond donors (Lipinski definition) is 1. The molecular formula is C26H33NO4. The second-order valence-electron chi connectivity index (χ2n) is 8.88. The minimum absolute atomic E-state index is 0.0140. The number of aromatic amines is 1. The van der Waals surface area contributed by atoms with E-state index in [2.05, 4.69) is 4.98 Å². The summed E-state index contributed by atoms with van der Waals surface area (Å²) in [5.41, 5.74) is 3.85. The first kappa shape index (κ1) is 21.7. The highest BCUT2D eigenvalue weighted by atomic mass is 16.5. The fourth-order valence-corrected chi connectivity index (χ4v) is 5.02. The third-order valence-electron chi connectivity index (χ3n) is 6.68. The lowest BCUT2D eigenvalue weighted by molar-refractivity contribution is 0.0232. The quantitative estimate of drug-likeness (QED) is 0.608. The molecule has 1 atom stereocenters. The SMILES string of the molecule is CCOc1ccc([C@H]2CC(=O)c3c([nH]c(C(=O)OC4CCCCCCC4)c3C)C2)cc1. The first-order chi connectivity index (χ1) is 15.1. The lowest BCUT2D eigenvalue weighted by atomic mass is 9.81. The summed E-state index contributed by atoms with van der Waals surface area (Å²) in [4.78, 5) is 29.2. The van der Waals surface area contributed by atoms with Gasteiger partial charge in [0.05, 0.1) is 6.61 Å². The molecule has 0 saturated heterocycles. The molecule has 2 aromatic rings. The largest absolute Gasteiger partial charge is 0.494 e. The Morgan fingerprint density at radius 3 is 2.39 bits per heavy atom. The molecule has 0 bridgehead atoms. The van der Waals surface area contributed by atoms with Crippen LogP contribution in [0.5, 0.6) is 5.75 Å². The molecule has 4 rings (SSSR count). The molecule has 1 heterocycles. The number of ketones is 1. The summed E-state index contributed by atoms with van der Waals surface area (Å²) in [5, 5.41) is 0. The van der Waals surface area contributed by atoms with Crippen LogP contribution in [-0.4, -0.2) is 29.4 Å². The molecule has 5 heteroatoms. The van der Waals surface area contributed by atoms with Gasteiger partial charge in [-0.05, 0) is 75.1 Å². The van der Waals surface area contributed by atoms with E-state index in [1.165, 1.54) is 19.3 Å². The molecule has 5 nitrogen and oxygen atoms in total. The Balaban J connectivity index is 1.49. The molecule has 0 amide bonds. The Labute approximate surface area is 184 Å². The Hall–Kier alpha value is -2.56. The van der Waals surface area contributed by atoms with E-state index in [1.807, 2.05) is 38.1 Å². The summed E-state index contributed by atoms with van der Waals surface area (Å²) >= 11 is 0. The Bertz CT molecular complexity index is 920. The maximum absolute atomic E-state index is 13.0. The van der Waals surface area contributed by atoms with E-state index in [0.29, 0.717) is 30.7 Å². The maximum atomic E-state index is 13.0. The average molecular weight is 424 g/mol. The van der Waals surface area contributed by atoms with Crippen molar-refractivity contribution in [2.75, 3.05) is 6.61 Å². The van der Waals surface area contributed by atoms with Crippen molar-refractivity contribution in [1.29, 1.82) is 0 Å². The van der Waals surface area contributed by atoms with E-state index in [0.717, 1.165) is 48.3 Å². The first-order valence-corrected chi connectivity index (χ1v) is 11.7. The van der Waals surface area contributed by atoms with Crippen LogP contribution in [0, 0.1) is 6.92 Å². The van der Waals surface area contributed by atoms with Gasteiger partial charge < -0.3 is 14.5 Å². The first-order valence-electron chi connectivity index (χ1n) is 11.7. The monoisotopic (exact) mass is 423 g/mol. The third kappa shape index (κ3) is 4.86. The third-order valence-corrected chi connectivity index (χ3v) is 6.68. The molecule has 166 valence electrons. The van der Waals surface area contributed by atoms with Crippen molar-refractivity contribution in [3.8, 4) is 5.75 Å². The van der Waals surface area contributed by atoms with Crippen LogP contribution in [-0.2, 0) is 11.2 Å². The zero-order chi connectivity index (χ0) is 21.8. The molecule has 1 aromatic heterocycles. The maximum Gasteiger partial charge on any atom is 0.355 e. The van der Waals surface area contributed by atoms with Gasteiger partial charge in [-0.3, -0.25) is 4.79 Å².